The van der Waals surface area contributed by atoms with Gasteiger partial charge in [0.15, 0.2) is 0 Å². The number of rotatable bonds is 13. The molecule has 27 heavy (non-hydrogen) atoms. The van der Waals surface area contributed by atoms with E-state index < -0.39 is 41.1 Å². The molecule has 0 saturated carbocycles. The lowest BCUT2D eigenvalue weighted by molar-refractivity contribution is -0.154. The molecule has 0 fully saturated rings. The lowest BCUT2D eigenvalue weighted by Gasteiger charge is -2.27. The van der Waals surface area contributed by atoms with Gasteiger partial charge in [0.05, 0.1) is 17.3 Å². The van der Waals surface area contributed by atoms with Crippen molar-refractivity contribution in [3.8, 4) is 0 Å². The molecule has 0 aliphatic carbocycles. The summed E-state index contributed by atoms with van der Waals surface area (Å²) >= 11 is 0. The first kappa shape index (κ1) is 27.1. The van der Waals surface area contributed by atoms with Crippen LogP contribution < -0.4 is 0 Å². The molecule has 0 aromatic rings. The van der Waals surface area contributed by atoms with E-state index in [2.05, 4.69) is 0 Å². The summed E-state index contributed by atoms with van der Waals surface area (Å²) in [5.41, 5.74) is -0.839. The van der Waals surface area contributed by atoms with Gasteiger partial charge in [-0.05, 0) is 32.1 Å². The minimum atomic E-state index is -1.02. The van der Waals surface area contributed by atoms with Gasteiger partial charge in [-0.1, -0.05) is 40.5 Å². The van der Waals surface area contributed by atoms with E-state index in [0.717, 1.165) is 12.8 Å². The number of hydrogen-bond acceptors (Lipinski definition) is 4. The second kappa shape index (κ2) is 14.0. The fourth-order valence-corrected chi connectivity index (χ4v) is 2.97. The first-order valence-electron chi connectivity index (χ1n) is 9.43. The standard InChI is InChI=1S/C11H20O4.C8H14O4/c1-3-5-7-11(4-2,10(14)15)8-6-9(12)13;1-3-5(7(9)10)6(4-2)8(11)12/h3-8H2,1-2H3,(H,12,13)(H,14,15);5-6H,3-4H2,1-2H3,(H,9,10)(H,11,12). The second-order valence-electron chi connectivity index (χ2n) is 6.64. The quantitative estimate of drug-likeness (QED) is 0.371. The predicted octanol–water partition coefficient (Wildman–Crippen LogP) is 3.73. The highest BCUT2D eigenvalue weighted by Crippen LogP contribution is 2.34. The highest BCUT2D eigenvalue weighted by Gasteiger charge is 2.36. The van der Waals surface area contributed by atoms with Gasteiger partial charge in [0.2, 0.25) is 0 Å². The van der Waals surface area contributed by atoms with Crippen LogP contribution in [0.1, 0.15) is 79.1 Å². The first-order valence-corrected chi connectivity index (χ1v) is 9.43. The molecule has 0 rings (SSSR count). The van der Waals surface area contributed by atoms with Crippen LogP contribution in [0.25, 0.3) is 0 Å². The summed E-state index contributed by atoms with van der Waals surface area (Å²) in [5, 5.41) is 35.1. The van der Waals surface area contributed by atoms with Crippen LogP contribution >= 0.6 is 0 Å². The zero-order valence-electron chi connectivity index (χ0n) is 16.7. The highest BCUT2D eigenvalue weighted by molar-refractivity contribution is 5.79. The molecule has 3 unspecified atom stereocenters. The summed E-state index contributed by atoms with van der Waals surface area (Å²) in [6, 6.07) is 0. The number of hydrogen-bond donors (Lipinski definition) is 4. The molecule has 0 aliphatic heterocycles. The summed E-state index contributed by atoms with van der Waals surface area (Å²) in [4.78, 5) is 42.8. The molecular formula is C19H34O8. The molecule has 4 N–H and O–H groups in total. The van der Waals surface area contributed by atoms with Crippen molar-refractivity contribution >= 4 is 23.9 Å². The summed E-state index contributed by atoms with van der Waals surface area (Å²) in [6.07, 6.45) is 3.72. The Balaban J connectivity index is 0. The Labute approximate surface area is 160 Å². The van der Waals surface area contributed by atoms with Crippen LogP contribution in [0, 0.1) is 17.3 Å². The van der Waals surface area contributed by atoms with Crippen LogP contribution in [0.15, 0.2) is 0 Å². The lowest BCUT2D eigenvalue weighted by atomic mass is 9.76. The fourth-order valence-electron chi connectivity index (χ4n) is 2.97. The van der Waals surface area contributed by atoms with E-state index in [0.29, 0.717) is 25.7 Å². The van der Waals surface area contributed by atoms with Gasteiger partial charge in [0, 0.05) is 6.42 Å². The minimum Gasteiger partial charge on any atom is -0.481 e. The Morgan fingerprint density at radius 1 is 0.778 bits per heavy atom. The third-order valence-corrected chi connectivity index (χ3v) is 4.96. The fraction of sp³-hybridized carbons (Fsp3) is 0.789. The average molecular weight is 390 g/mol. The Morgan fingerprint density at radius 2 is 1.22 bits per heavy atom. The van der Waals surface area contributed by atoms with Gasteiger partial charge in [-0.25, -0.2) is 0 Å². The number of aliphatic carboxylic acids is 4. The summed E-state index contributed by atoms with van der Waals surface area (Å²) in [7, 11) is 0. The molecule has 0 amide bonds. The van der Waals surface area contributed by atoms with E-state index in [1.807, 2.05) is 13.8 Å². The highest BCUT2D eigenvalue weighted by atomic mass is 16.4. The van der Waals surface area contributed by atoms with E-state index in [1.165, 1.54) is 0 Å². The molecule has 0 heterocycles. The third kappa shape index (κ3) is 9.96. The van der Waals surface area contributed by atoms with E-state index >= 15 is 0 Å². The van der Waals surface area contributed by atoms with Crippen LogP contribution in [0.3, 0.4) is 0 Å². The zero-order chi connectivity index (χ0) is 21.6. The van der Waals surface area contributed by atoms with E-state index in [9.17, 15) is 24.3 Å². The Morgan fingerprint density at radius 3 is 1.44 bits per heavy atom. The normalized spacial score (nSPS) is 14.8. The lowest BCUT2D eigenvalue weighted by Crippen LogP contribution is -2.31. The first-order chi connectivity index (χ1) is 12.5. The Bertz CT molecular complexity index is 468. The van der Waals surface area contributed by atoms with Crippen LogP contribution in [-0.4, -0.2) is 44.3 Å². The molecular weight excluding hydrogens is 356 g/mol. The van der Waals surface area contributed by atoms with Crippen molar-refractivity contribution in [3.05, 3.63) is 0 Å². The van der Waals surface area contributed by atoms with Crippen molar-refractivity contribution < 1.29 is 39.6 Å². The van der Waals surface area contributed by atoms with Crippen LogP contribution in [-0.2, 0) is 19.2 Å². The average Bonchev–Trinajstić information content (AvgIpc) is 2.59. The van der Waals surface area contributed by atoms with Crippen molar-refractivity contribution in [2.75, 3.05) is 0 Å². The van der Waals surface area contributed by atoms with Gasteiger partial charge in [0.1, 0.15) is 0 Å². The van der Waals surface area contributed by atoms with Gasteiger partial charge < -0.3 is 20.4 Å². The molecule has 0 spiro atoms. The van der Waals surface area contributed by atoms with Crippen molar-refractivity contribution in [2.45, 2.75) is 79.1 Å². The Hall–Kier alpha value is -2.12. The molecule has 0 aromatic carbocycles. The van der Waals surface area contributed by atoms with Crippen LogP contribution in [0.2, 0.25) is 0 Å². The maximum Gasteiger partial charge on any atom is 0.309 e. The molecule has 8 heteroatoms. The topological polar surface area (TPSA) is 149 Å². The third-order valence-electron chi connectivity index (χ3n) is 4.96. The van der Waals surface area contributed by atoms with Gasteiger partial charge in [0.25, 0.3) is 0 Å². The predicted molar refractivity (Wildman–Crippen MR) is 99.6 cm³/mol. The minimum absolute atomic E-state index is 0.0656. The molecule has 0 aliphatic rings. The maximum absolute atomic E-state index is 11.2. The second-order valence-corrected chi connectivity index (χ2v) is 6.64. The van der Waals surface area contributed by atoms with Crippen molar-refractivity contribution in [3.63, 3.8) is 0 Å². The van der Waals surface area contributed by atoms with E-state index in [4.69, 9.17) is 15.3 Å². The zero-order valence-corrected chi connectivity index (χ0v) is 16.7. The molecule has 3 atom stereocenters. The number of carbonyl (C=O) groups is 4. The summed E-state index contributed by atoms with van der Waals surface area (Å²) < 4.78 is 0. The van der Waals surface area contributed by atoms with Crippen LogP contribution in [0.5, 0.6) is 0 Å². The molecule has 0 aromatic heterocycles. The van der Waals surface area contributed by atoms with Gasteiger partial charge in [-0.2, -0.15) is 0 Å². The van der Waals surface area contributed by atoms with E-state index in [-0.39, 0.29) is 12.8 Å². The summed E-state index contributed by atoms with van der Waals surface area (Å²) in [6.45, 7) is 7.18. The van der Waals surface area contributed by atoms with Crippen molar-refractivity contribution in [2.24, 2.45) is 17.3 Å². The largest absolute Gasteiger partial charge is 0.481 e. The summed E-state index contributed by atoms with van der Waals surface area (Å²) in [5.74, 6) is -5.34. The molecule has 158 valence electrons. The van der Waals surface area contributed by atoms with Gasteiger partial charge >= 0.3 is 23.9 Å². The monoisotopic (exact) mass is 390 g/mol. The Kier molecular flexibility index (Phi) is 14.1. The molecule has 0 bridgehead atoms. The number of unbranched alkanes of at least 4 members (excludes halogenated alkanes) is 1. The smallest absolute Gasteiger partial charge is 0.309 e. The molecule has 0 saturated heterocycles. The van der Waals surface area contributed by atoms with Gasteiger partial charge in [-0.15, -0.1) is 0 Å². The molecule has 0 radical (unpaired) electrons. The molecule has 8 nitrogen and oxygen atoms in total. The SMILES string of the molecule is CCC(C(=O)O)C(CC)C(=O)O.CCCCC(CC)(CCC(=O)O)C(=O)O. The van der Waals surface area contributed by atoms with E-state index in [1.54, 1.807) is 13.8 Å². The number of carboxylic acid groups (broad SMARTS) is 4. The van der Waals surface area contributed by atoms with Crippen molar-refractivity contribution in [1.29, 1.82) is 0 Å². The van der Waals surface area contributed by atoms with Crippen LogP contribution in [0.4, 0.5) is 0 Å². The number of carboxylic acids is 4. The van der Waals surface area contributed by atoms with Crippen molar-refractivity contribution in [1.82, 2.24) is 0 Å². The van der Waals surface area contributed by atoms with Gasteiger partial charge in [-0.3, -0.25) is 19.2 Å². The maximum atomic E-state index is 11.2.